The number of rotatable bonds is 1. The van der Waals surface area contributed by atoms with Gasteiger partial charge in [-0.05, 0) is 18.1 Å². The number of benzene rings is 1. The minimum absolute atomic E-state index is 0.302. The van der Waals surface area contributed by atoms with E-state index >= 15 is 0 Å². The number of hydrogen-bond donors (Lipinski definition) is 3. The Labute approximate surface area is 102 Å². The second kappa shape index (κ2) is 3.58. The summed E-state index contributed by atoms with van der Waals surface area (Å²) in [6, 6.07) is 5.39. The Morgan fingerprint density at radius 1 is 1.44 bits per heavy atom. The average molecular weight is 245 g/mol. The number of nitrogens with one attached hydrogen (secondary N) is 1. The second-order valence-electron chi connectivity index (χ2n) is 4.22. The van der Waals surface area contributed by atoms with Crippen LogP contribution in [0.15, 0.2) is 23.0 Å². The molecular weight excluding hydrogens is 234 g/mol. The lowest BCUT2D eigenvalue weighted by Crippen LogP contribution is -2.36. The molecule has 0 radical (unpaired) electrons. The van der Waals surface area contributed by atoms with Gasteiger partial charge in [0.1, 0.15) is 11.3 Å². The zero-order chi connectivity index (χ0) is 12.9. The molecule has 2 heterocycles. The van der Waals surface area contributed by atoms with Crippen LogP contribution >= 0.6 is 0 Å². The van der Waals surface area contributed by atoms with Gasteiger partial charge in [0.25, 0.3) is 11.5 Å². The highest BCUT2D eigenvalue weighted by Gasteiger charge is 2.25. The van der Waals surface area contributed by atoms with Crippen molar-refractivity contribution in [3.8, 4) is 5.75 Å². The van der Waals surface area contributed by atoms with E-state index in [-0.39, 0.29) is 11.3 Å². The van der Waals surface area contributed by atoms with E-state index in [1.165, 1.54) is 4.57 Å². The Hall–Kier alpha value is -2.34. The fourth-order valence-electron chi connectivity index (χ4n) is 2.50. The Kier molecular flexibility index (Phi) is 2.14. The van der Waals surface area contributed by atoms with Crippen molar-refractivity contribution in [1.82, 2.24) is 9.99 Å². The van der Waals surface area contributed by atoms with Crippen LogP contribution in [0.2, 0.25) is 0 Å². The second-order valence-corrected chi connectivity index (χ2v) is 4.22. The zero-order valence-electron chi connectivity index (χ0n) is 9.43. The number of hydrazine groups is 1. The molecule has 0 unspecified atom stereocenters. The molecule has 0 spiro atoms. The number of carbonyl (C=O) groups is 1. The number of nitrogen functional groups attached to an aromatic ring is 1. The van der Waals surface area contributed by atoms with E-state index < -0.39 is 11.5 Å². The number of nitrogens with zero attached hydrogens (tertiary/aromatic N) is 1. The largest absolute Gasteiger partial charge is 0.506 e. The van der Waals surface area contributed by atoms with Gasteiger partial charge in [-0.25, -0.2) is 5.84 Å². The first-order valence-corrected chi connectivity index (χ1v) is 5.53. The van der Waals surface area contributed by atoms with Crippen molar-refractivity contribution in [1.29, 1.82) is 0 Å². The van der Waals surface area contributed by atoms with Gasteiger partial charge in [-0.1, -0.05) is 12.1 Å². The predicted molar refractivity (Wildman–Crippen MR) is 65.2 cm³/mol. The number of aryl methyl sites for hydroxylation is 2. The number of carbonyl (C=O) groups excluding carboxylic acids is 1. The van der Waals surface area contributed by atoms with Crippen molar-refractivity contribution < 1.29 is 9.90 Å². The van der Waals surface area contributed by atoms with Crippen LogP contribution in [-0.4, -0.2) is 15.6 Å². The summed E-state index contributed by atoms with van der Waals surface area (Å²) in [7, 11) is 0. The smallest absolute Gasteiger partial charge is 0.274 e. The fourth-order valence-corrected chi connectivity index (χ4v) is 2.50. The molecule has 92 valence electrons. The third-order valence-electron chi connectivity index (χ3n) is 3.30. The van der Waals surface area contributed by atoms with Crippen LogP contribution in [-0.2, 0) is 13.0 Å². The van der Waals surface area contributed by atoms with Crippen molar-refractivity contribution in [3.05, 3.63) is 39.7 Å². The Morgan fingerprint density at radius 3 is 2.94 bits per heavy atom. The summed E-state index contributed by atoms with van der Waals surface area (Å²) < 4.78 is 1.51. The molecule has 6 nitrogen and oxygen atoms in total. The minimum Gasteiger partial charge on any atom is -0.506 e. The lowest BCUT2D eigenvalue weighted by molar-refractivity contribution is 0.0949. The van der Waals surface area contributed by atoms with Gasteiger partial charge in [0.15, 0.2) is 0 Å². The number of aromatic hydroxyl groups is 1. The molecule has 3 rings (SSSR count). The van der Waals surface area contributed by atoms with Crippen molar-refractivity contribution >= 4 is 16.8 Å². The minimum atomic E-state index is -0.777. The van der Waals surface area contributed by atoms with Crippen LogP contribution in [0.4, 0.5) is 0 Å². The van der Waals surface area contributed by atoms with Crippen LogP contribution in [0.3, 0.4) is 0 Å². The summed E-state index contributed by atoms with van der Waals surface area (Å²) in [5.74, 6) is 3.95. The summed E-state index contributed by atoms with van der Waals surface area (Å²) in [4.78, 5) is 23.7. The molecule has 1 aliphatic heterocycles. The Balaban J connectivity index is 2.51. The van der Waals surface area contributed by atoms with Crippen molar-refractivity contribution in [3.63, 3.8) is 0 Å². The van der Waals surface area contributed by atoms with Gasteiger partial charge in [-0.3, -0.25) is 15.0 Å². The maximum Gasteiger partial charge on any atom is 0.274 e. The van der Waals surface area contributed by atoms with Gasteiger partial charge in [0.05, 0.1) is 5.52 Å². The van der Waals surface area contributed by atoms with E-state index in [0.29, 0.717) is 17.4 Å². The highest BCUT2D eigenvalue weighted by atomic mass is 16.3. The van der Waals surface area contributed by atoms with Crippen molar-refractivity contribution in [2.24, 2.45) is 5.84 Å². The highest BCUT2D eigenvalue weighted by molar-refractivity contribution is 6.02. The molecule has 0 saturated heterocycles. The van der Waals surface area contributed by atoms with Crippen LogP contribution < -0.4 is 16.8 Å². The van der Waals surface area contributed by atoms with Gasteiger partial charge in [0, 0.05) is 11.9 Å². The van der Waals surface area contributed by atoms with E-state index in [4.69, 9.17) is 5.84 Å². The molecule has 6 heteroatoms. The molecule has 1 aromatic heterocycles. The normalized spacial score (nSPS) is 12.9. The Bertz CT molecular complexity index is 733. The van der Waals surface area contributed by atoms with Gasteiger partial charge >= 0.3 is 0 Å². The molecule has 18 heavy (non-hydrogen) atoms. The van der Waals surface area contributed by atoms with Crippen LogP contribution in [0.5, 0.6) is 5.75 Å². The summed E-state index contributed by atoms with van der Waals surface area (Å²) in [6.45, 7) is 0.514. The molecule has 2 aromatic rings. The molecular formula is C12H11N3O3. The first-order chi connectivity index (χ1) is 8.65. The number of hydrogen-bond acceptors (Lipinski definition) is 4. The van der Waals surface area contributed by atoms with Crippen LogP contribution in [0.1, 0.15) is 15.9 Å². The molecule has 0 aliphatic carbocycles. The lowest BCUT2D eigenvalue weighted by Gasteiger charge is -2.10. The maximum absolute atomic E-state index is 12.2. The van der Waals surface area contributed by atoms with E-state index in [1.54, 1.807) is 12.1 Å². The quantitative estimate of drug-likeness (QED) is 0.370. The lowest BCUT2D eigenvalue weighted by atomic mass is 10.1. The highest BCUT2D eigenvalue weighted by Crippen LogP contribution is 2.31. The predicted octanol–water partition coefficient (Wildman–Crippen LogP) is -0.133. The summed E-state index contributed by atoms with van der Waals surface area (Å²) >= 11 is 0. The molecule has 0 atom stereocenters. The molecule has 0 saturated carbocycles. The number of aromatic nitrogens is 1. The third kappa shape index (κ3) is 1.20. The van der Waals surface area contributed by atoms with E-state index in [0.717, 1.165) is 12.0 Å². The summed E-state index contributed by atoms with van der Waals surface area (Å²) in [6.07, 6.45) is 0.722. The SMILES string of the molecule is NNC(=O)c1c(O)c2cccc3c2n(c1=O)CC3. The monoisotopic (exact) mass is 245 g/mol. The molecule has 4 N–H and O–H groups in total. The standard InChI is InChI=1S/C12H11N3O3/c13-14-11(17)8-10(16)7-3-1-2-6-4-5-15(9(6)7)12(8)18/h1-3,16H,4-5,13H2,(H,14,17). The molecule has 0 bridgehead atoms. The number of pyridine rings is 1. The molecule has 0 fully saturated rings. The van der Waals surface area contributed by atoms with Crippen LogP contribution in [0.25, 0.3) is 10.9 Å². The molecule has 1 aliphatic rings. The van der Waals surface area contributed by atoms with E-state index in [2.05, 4.69) is 0 Å². The first kappa shape index (κ1) is 10.8. The fraction of sp³-hybridized carbons (Fsp3) is 0.167. The third-order valence-corrected chi connectivity index (χ3v) is 3.30. The summed E-state index contributed by atoms with van der Waals surface area (Å²) in [5, 5.41) is 10.6. The number of para-hydroxylation sites is 1. The topological polar surface area (TPSA) is 97.3 Å². The van der Waals surface area contributed by atoms with Gasteiger partial charge in [-0.2, -0.15) is 0 Å². The van der Waals surface area contributed by atoms with Gasteiger partial charge in [-0.15, -0.1) is 0 Å². The maximum atomic E-state index is 12.2. The Morgan fingerprint density at radius 2 is 2.22 bits per heavy atom. The number of amides is 1. The van der Waals surface area contributed by atoms with Crippen molar-refractivity contribution in [2.75, 3.05) is 0 Å². The van der Waals surface area contributed by atoms with E-state index in [9.17, 15) is 14.7 Å². The van der Waals surface area contributed by atoms with Gasteiger partial charge < -0.3 is 9.67 Å². The molecule has 1 amide bonds. The average Bonchev–Trinajstić information content (AvgIpc) is 2.81. The first-order valence-electron chi connectivity index (χ1n) is 5.53. The van der Waals surface area contributed by atoms with Crippen molar-refractivity contribution in [2.45, 2.75) is 13.0 Å². The zero-order valence-corrected chi connectivity index (χ0v) is 9.43. The van der Waals surface area contributed by atoms with Gasteiger partial charge in [0.2, 0.25) is 0 Å². The number of nitrogens with two attached hydrogens (primary N) is 1. The van der Waals surface area contributed by atoms with E-state index in [1.807, 2.05) is 11.5 Å². The summed E-state index contributed by atoms with van der Waals surface area (Å²) in [5.41, 5.74) is 2.78. The molecule has 1 aromatic carbocycles. The van der Waals surface area contributed by atoms with Crippen LogP contribution in [0, 0.1) is 0 Å².